The highest BCUT2D eigenvalue weighted by molar-refractivity contribution is 6.33. The SMILES string of the molecule is [C-]#[N+]c1ccc(OC2C(C)(C)C(NC(=O)c3ccc(N4CCC(CN5CCC6(CC5)CNC6)CC4)nc3)C2(C)C)cc1Cl. The molecule has 0 unspecified atom stereocenters. The predicted octanol–water partition coefficient (Wildman–Crippen LogP) is 5.80. The van der Waals surface area contributed by atoms with Crippen molar-refractivity contribution in [2.45, 2.75) is 65.5 Å². The molecule has 8 nitrogen and oxygen atoms in total. The fourth-order valence-corrected chi connectivity index (χ4v) is 8.47. The number of nitrogens with zero attached hydrogens (tertiary/aromatic N) is 4. The number of likely N-dealkylation sites (tertiary alicyclic amines) is 1. The van der Waals surface area contributed by atoms with Gasteiger partial charge in [0, 0.05) is 55.8 Å². The van der Waals surface area contributed by atoms with Crippen molar-refractivity contribution >= 4 is 29.0 Å². The quantitative estimate of drug-likeness (QED) is 0.389. The number of pyridine rings is 1. The Morgan fingerprint density at radius 1 is 1.09 bits per heavy atom. The molecule has 4 heterocycles. The van der Waals surface area contributed by atoms with Crippen molar-refractivity contribution in [3.05, 3.63) is 58.5 Å². The third-order valence-electron chi connectivity index (χ3n) is 10.8. The molecule has 1 aromatic heterocycles. The second kappa shape index (κ2) is 11.6. The highest BCUT2D eigenvalue weighted by atomic mass is 35.5. The van der Waals surface area contributed by atoms with E-state index in [2.05, 4.69) is 53.0 Å². The first kappa shape index (κ1) is 30.2. The Labute approximate surface area is 261 Å². The average Bonchev–Trinajstić information content (AvgIpc) is 2.98. The van der Waals surface area contributed by atoms with Crippen LogP contribution in [-0.4, -0.2) is 73.8 Å². The number of hydrogen-bond donors (Lipinski definition) is 2. The molecule has 1 amide bonds. The molecular formula is C34H45ClN6O2. The fourth-order valence-electron chi connectivity index (χ4n) is 8.26. The Bertz CT molecular complexity index is 1350. The van der Waals surface area contributed by atoms with E-state index in [0.717, 1.165) is 24.8 Å². The van der Waals surface area contributed by atoms with E-state index in [1.807, 2.05) is 12.1 Å². The van der Waals surface area contributed by atoms with Gasteiger partial charge in [-0.05, 0) is 74.4 Å². The van der Waals surface area contributed by atoms with Gasteiger partial charge in [-0.2, -0.15) is 0 Å². The van der Waals surface area contributed by atoms with Crippen LogP contribution in [0.5, 0.6) is 5.75 Å². The second-order valence-electron chi connectivity index (χ2n) is 14.5. The Balaban J connectivity index is 0.994. The first-order valence-corrected chi connectivity index (χ1v) is 16.2. The fraction of sp³-hybridized carbons (Fsp3) is 0.618. The van der Waals surface area contributed by atoms with E-state index in [1.165, 1.54) is 58.4 Å². The molecule has 0 atom stereocenters. The Morgan fingerprint density at radius 2 is 1.79 bits per heavy atom. The molecular weight excluding hydrogens is 560 g/mol. The molecule has 0 radical (unpaired) electrons. The van der Waals surface area contributed by atoms with Crippen LogP contribution in [0, 0.1) is 28.7 Å². The summed E-state index contributed by atoms with van der Waals surface area (Å²) in [5, 5.41) is 7.11. The largest absolute Gasteiger partial charge is 0.489 e. The van der Waals surface area contributed by atoms with E-state index >= 15 is 0 Å². The van der Waals surface area contributed by atoms with Gasteiger partial charge in [0.2, 0.25) is 5.69 Å². The summed E-state index contributed by atoms with van der Waals surface area (Å²) in [7, 11) is 0. The number of carbonyl (C=O) groups is 1. The molecule has 230 valence electrons. The highest BCUT2D eigenvalue weighted by Gasteiger charge is 2.64. The van der Waals surface area contributed by atoms with E-state index in [-0.39, 0.29) is 28.9 Å². The summed E-state index contributed by atoms with van der Waals surface area (Å²) in [6.45, 7) is 23.9. The zero-order chi connectivity index (χ0) is 30.4. The minimum atomic E-state index is -0.314. The van der Waals surface area contributed by atoms with Gasteiger partial charge in [-0.15, -0.1) is 0 Å². The number of anilines is 1. The molecule has 1 aliphatic carbocycles. The normalized spacial score (nSPS) is 26.2. The van der Waals surface area contributed by atoms with Gasteiger partial charge in [-0.3, -0.25) is 4.79 Å². The summed E-state index contributed by atoms with van der Waals surface area (Å²) in [4.78, 5) is 26.5. The number of hydrogen-bond acceptors (Lipinski definition) is 6. The lowest BCUT2D eigenvalue weighted by atomic mass is 9.49. The smallest absolute Gasteiger partial charge is 0.253 e. The molecule has 4 fully saturated rings. The second-order valence-corrected chi connectivity index (χ2v) is 14.9. The van der Waals surface area contributed by atoms with E-state index < -0.39 is 0 Å². The number of aromatic nitrogens is 1. The van der Waals surface area contributed by atoms with Gasteiger partial charge in [0.05, 0.1) is 17.2 Å². The zero-order valence-electron chi connectivity index (χ0n) is 26.0. The molecule has 4 aliphatic rings. The van der Waals surface area contributed by atoms with E-state index in [9.17, 15) is 4.79 Å². The van der Waals surface area contributed by atoms with Crippen molar-refractivity contribution in [3.8, 4) is 5.75 Å². The molecule has 43 heavy (non-hydrogen) atoms. The van der Waals surface area contributed by atoms with Crippen LogP contribution in [0.25, 0.3) is 4.85 Å². The number of nitrogens with one attached hydrogen (secondary N) is 2. The third kappa shape index (κ3) is 5.84. The van der Waals surface area contributed by atoms with Gasteiger partial charge in [0.1, 0.15) is 17.7 Å². The maximum atomic E-state index is 13.3. The van der Waals surface area contributed by atoms with Crippen molar-refractivity contribution < 1.29 is 9.53 Å². The molecule has 2 aromatic rings. The number of piperidine rings is 2. The number of carbonyl (C=O) groups excluding carboxylic acids is 1. The van der Waals surface area contributed by atoms with Gasteiger partial charge < -0.3 is 25.2 Å². The number of ether oxygens (including phenoxy) is 1. The maximum absolute atomic E-state index is 13.3. The Morgan fingerprint density at radius 3 is 2.35 bits per heavy atom. The van der Waals surface area contributed by atoms with Crippen LogP contribution in [-0.2, 0) is 0 Å². The van der Waals surface area contributed by atoms with Gasteiger partial charge in [0.25, 0.3) is 5.91 Å². The van der Waals surface area contributed by atoms with E-state index in [1.54, 1.807) is 24.4 Å². The average molecular weight is 605 g/mol. The maximum Gasteiger partial charge on any atom is 0.253 e. The highest BCUT2D eigenvalue weighted by Crippen LogP contribution is 2.55. The Hall–Kier alpha value is -2.86. The van der Waals surface area contributed by atoms with Crippen LogP contribution in [0.15, 0.2) is 36.5 Å². The number of benzene rings is 1. The minimum Gasteiger partial charge on any atom is -0.489 e. The molecule has 0 bridgehead atoms. The topological polar surface area (TPSA) is 74.1 Å². The summed E-state index contributed by atoms with van der Waals surface area (Å²) >= 11 is 6.24. The van der Waals surface area contributed by atoms with Crippen molar-refractivity contribution in [2.75, 3.05) is 50.7 Å². The number of halogens is 1. The monoisotopic (exact) mass is 604 g/mol. The van der Waals surface area contributed by atoms with Gasteiger partial charge >= 0.3 is 0 Å². The first-order chi connectivity index (χ1) is 20.5. The molecule has 3 aliphatic heterocycles. The number of rotatable bonds is 7. The summed E-state index contributed by atoms with van der Waals surface area (Å²) in [6, 6.07) is 8.95. The summed E-state index contributed by atoms with van der Waals surface area (Å²) in [5.41, 5.74) is 0.958. The lowest BCUT2D eigenvalue weighted by Crippen LogP contribution is -2.74. The lowest BCUT2D eigenvalue weighted by Gasteiger charge is -2.63. The Kier molecular flexibility index (Phi) is 8.12. The van der Waals surface area contributed by atoms with Crippen molar-refractivity contribution in [3.63, 3.8) is 0 Å². The molecule has 2 N–H and O–H groups in total. The van der Waals surface area contributed by atoms with Gasteiger partial charge in [-0.1, -0.05) is 45.4 Å². The molecule has 1 spiro atoms. The van der Waals surface area contributed by atoms with Gasteiger partial charge in [0.15, 0.2) is 0 Å². The van der Waals surface area contributed by atoms with E-state index in [0.29, 0.717) is 27.4 Å². The lowest BCUT2D eigenvalue weighted by molar-refractivity contribution is -0.164. The number of amides is 1. The standard InChI is InChI=1S/C34H45ClN6O2/c1-32(2)30(33(3,4)31(32)43-25-7-8-27(36-5)26(35)18-25)39-29(42)24-6-9-28(38-19-24)41-14-10-23(11-15-41)20-40-16-12-34(13-17-40)21-37-22-34/h6-9,18-19,23,30-31,37H,10-17,20-22H2,1-4H3,(H,39,42). The molecule has 6 rings (SSSR count). The van der Waals surface area contributed by atoms with Crippen LogP contribution in [0.3, 0.4) is 0 Å². The van der Waals surface area contributed by atoms with Crippen LogP contribution in [0.4, 0.5) is 11.5 Å². The molecule has 9 heteroatoms. The molecule has 1 aromatic carbocycles. The first-order valence-electron chi connectivity index (χ1n) is 15.8. The third-order valence-corrected chi connectivity index (χ3v) is 11.1. The van der Waals surface area contributed by atoms with Gasteiger partial charge in [-0.25, -0.2) is 9.83 Å². The van der Waals surface area contributed by atoms with Crippen LogP contribution in [0.1, 0.15) is 63.7 Å². The molecule has 3 saturated heterocycles. The zero-order valence-corrected chi connectivity index (χ0v) is 26.7. The van der Waals surface area contributed by atoms with Crippen molar-refractivity contribution in [2.24, 2.45) is 22.2 Å². The minimum absolute atomic E-state index is 0.0926. The summed E-state index contributed by atoms with van der Waals surface area (Å²) in [5.74, 6) is 2.22. The van der Waals surface area contributed by atoms with Crippen LogP contribution >= 0.6 is 11.6 Å². The molecule has 1 saturated carbocycles. The van der Waals surface area contributed by atoms with Crippen molar-refractivity contribution in [1.82, 2.24) is 20.5 Å². The predicted molar refractivity (Wildman–Crippen MR) is 171 cm³/mol. The van der Waals surface area contributed by atoms with Crippen molar-refractivity contribution in [1.29, 1.82) is 0 Å². The van der Waals surface area contributed by atoms with Crippen LogP contribution < -0.4 is 20.3 Å². The van der Waals surface area contributed by atoms with E-state index in [4.69, 9.17) is 27.9 Å². The van der Waals surface area contributed by atoms with Crippen LogP contribution in [0.2, 0.25) is 5.02 Å². The summed E-state index contributed by atoms with van der Waals surface area (Å²) < 4.78 is 6.37. The summed E-state index contributed by atoms with van der Waals surface area (Å²) in [6.07, 6.45) is 6.65.